The molecule has 5 heterocycles. The van der Waals surface area contributed by atoms with Crippen LogP contribution in [0.4, 0.5) is 5.13 Å². The molecule has 13 nitrogen and oxygen atoms in total. The van der Waals surface area contributed by atoms with E-state index in [9.17, 15) is 19.5 Å². The third-order valence-corrected chi connectivity index (χ3v) is 9.57. The number of hydrogen-bond donors (Lipinski definition) is 3. The van der Waals surface area contributed by atoms with E-state index in [0.717, 1.165) is 22.8 Å². The Morgan fingerprint density at radius 1 is 1.36 bits per heavy atom. The molecule has 0 aromatic carbocycles. The molecule has 202 valence electrons. The molecule has 3 aromatic heterocycles. The van der Waals surface area contributed by atoms with E-state index < -0.39 is 29.2 Å². The summed E-state index contributed by atoms with van der Waals surface area (Å²) in [4.78, 5) is 53.7. The van der Waals surface area contributed by atoms with Crippen molar-refractivity contribution in [2.45, 2.75) is 22.7 Å². The zero-order chi connectivity index (χ0) is 27.7. The molecule has 0 unspecified atom stereocenters. The van der Waals surface area contributed by atoms with Crippen molar-refractivity contribution in [1.82, 2.24) is 24.6 Å². The number of nitrogens with one attached hydrogen (secondary N) is 1. The highest BCUT2D eigenvalue weighted by atomic mass is 32.2. The number of aromatic nitrogens is 4. The molecular formula is C22H21N8O5S4+. The monoisotopic (exact) mass is 605 g/mol. The number of amides is 2. The number of carbonyl (C=O) groups excluding carboxylic acids is 2. The second-order valence-corrected chi connectivity index (χ2v) is 12.2. The number of carboxylic acids is 1. The van der Waals surface area contributed by atoms with Crippen LogP contribution in [-0.2, 0) is 26.3 Å². The largest absolute Gasteiger partial charge is 0.477 e. The summed E-state index contributed by atoms with van der Waals surface area (Å²) in [7, 11) is 1.93. The van der Waals surface area contributed by atoms with Crippen LogP contribution in [0.3, 0.4) is 0 Å². The molecule has 0 saturated carbocycles. The van der Waals surface area contributed by atoms with E-state index in [1.54, 1.807) is 6.92 Å². The molecule has 2 atom stereocenters. The van der Waals surface area contributed by atoms with Crippen LogP contribution in [-0.4, -0.2) is 71.6 Å². The predicted molar refractivity (Wildman–Crippen MR) is 147 cm³/mol. The van der Waals surface area contributed by atoms with Gasteiger partial charge in [0.1, 0.15) is 30.8 Å². The number of rotatable bonds is 9. The number of β-lactam (4-membered cyclic amide) rings is 1. The van der Waals surface area contributed by atoms with E-state index in [1.165, 1.54) is 39.8 Å². The molecular weight excluding hydrogens is 585 g/mol. The van der Waals surface area contributed by atoms with Gasteiger partial charge in [0.15, 0.2) is 21.9 Å². The van der Waals surface area contributed by atoms with Gasteiger partial charge in [0, 0.05) is 45.3 Å². The maximum Gasteiger partial charge on any atom is 0.353 e. The number of oxime groups is 1. The molecule has 2 aliphatic rings. The third kappa shape index (κ3) is 5.47. The van der Waals surface area contributed by atoms with Crippen LogP contribution in [0.15, 0.2) is 50.0 Å². The van der Waals surface area contributed by atoms with Crippen LogP contribution >= 0.6 is 46.4 Å². The minimum Gasteiger partial charge on any atom is -0.477 e. The van der Waals surface area contributed by atoms with Gasteiger partial charge in [0.25, 0.3) is 11.8 Å². The molecule has 1 fully saturated rings. The lowest BCUT2D eigenvalue weighted by molar-refractivity contribution is -0.671. The Labute approximate surface area is 238 Å². The SMILES string of the molecule is CCO/N=C(\C(=O)N[C@@H]1C(=O)N2C(C(=O)O)=C(Sc3nc(-c4cc[n+](C)cc4)cs3)CS[C@H]12)c1nsc(N)n1. The van der Waals surface area contributed by atoms with Gasteiger partial charge < -0.3 is 21.0 Å². The number of nitrogens with zero attached hydrogens (tertiary/aromatic N) is 6. The molecule has 2 aliphatic heterocycles. The van der Waals surface area contributed by atoms with E-state index in [-0.39, 0.29) is 29.0 Å². The van der Waals surface area contributed by atoms with Crippen molar-refractivity contribution >= 4 is 75.0 Å². The molecule has 0 aliphatic carbocycles. The van der Waals surface area contributed by atoms with Crippen molar-refractivity contribution in [2.75, 3.05) is 18.1 Å². The molecule has 39 heavy (non-hydrogen) atoms. The second-order valence-electron chi connectivity index (χ2n) is 8.10. The molecule has 5 rings (SSSR count). The Hall–Kier alpha value is -3.54. The van der Waals surface area contributed by atoms with Gasteiger partial charge in [-0.2, -0.15) is 9.36 Å². The highest BCUT2D eigenvalue weighted by Gasteiger charge is 2.54. The topological polar surface area (TPSA) is 177 Å². The van der Waals surface area contributed by atoms with E-state index >= 15 is 0 Å². The van der Waals surface area contributed by atoms with Gasteiger partial charge in [-0.3, -0.25) is 14.5 Å². The van der Waals surface area contributed by atoms with Gasteiger partial charge in [0.2, 0.25) is 11.5 Å². The predicted octanol–water partition coefficient (Wildman–Crippen LogP) is 1.30. The number of nitrogen functional groups attached to an aromatic ring is 1. The molecule has 4 N–H and O–H groups in total. The summed E-state index contributed by atoms with van der Waals surface area (Å²) in [5.74, 6) is -2.21. The molecule has 2 amide bonds. The Bertz CT molecular complexity index is 1500. The lowest BCUT2D eigenvalue weighted by atomic mass is 10.0. The van der Waals surface area contributed by atoms with Crippen LogP contribution in [0, 0.1) is 0 Å². The quantitative estimate of drug-likeness (QED) is 0.139. The summed E-state index contributed by atoms with van der Waals surface area (Å²) < 4.78 is 6.57. The fraction of sp³-hybridized carbons (Fsp3) is 0.273. The minimum atomic E-state index is -1.23. The molecule has 0 bridgehead atoms. The number of carbonyl (C=O) groups is 3. The molecule has 0 radical (unpaired) electrons. The lowest BCUT2D eigenvalue weighted by Crippen LogP contribution is -2.71. The van der Waals surface area contributed by atoms with Gasteiger partial charge in [-0.15, -0.1) is 23.1 Å². The molecule has 1 saturated heterocycles. The standard InChI is InChI=1S/C22H20N8O5S4/c1-3-35-27-13(16-26-21(23)39-28-16)17(31)25-14-18(32)30-15(20(33)34)12(9-36-19(14)30)38-22-24-11(8-37-22)10-4-6-29(2)7-5-10/h4-8,14,19H,3,9H2,1-2H3,(H3-,23,25,26,28,31,33,34)/p+1/b27-13-/t14-,19-/m1/s1. The van der Waals surface area contributed by atoms with E-state index in [1.807, 2.05) is 41.5 Å². The Kier molecular flexibility index (Phi) is 7.83. The number of thioether (sulfide) groups is 2. The van der Waals surface area contributed by atoms with E-state index in [2.05, 4.69) is 24.8 Å². The number of aliphatic carboxylic acids is 1. The van der Waals surface area contributed by atoms with Gasteiger partial charge in [-0.1, -0.05) is 16.9 Å². The first kappa shape index (κ1) is 27.0. The van der Waals surface area contributed by atoms with Gasteiger partial charge >= 0.3 is 5.97 Å². The summed E-state index contributed by atoms with van der Waals surface area (Å²) in [6.45, 7) is 1.89. The first-order valence-corrected chi connectivity index (χ1v) is 14.9. The number of thiazole rings is 1. The Morgan fingerprint density at radius 3 is 2.79 bits per heavy atom. The number of nitrogens with two attached hydrogens (primary N) is 1. The summed E-state index contributed by atoms with van der Waals surface area (Å²) in [5.41, 5.74) is 7.02. The Morgan fingerprint density at radius 2 is 2.13 bits per heavy atom. The zero-order valence-electron chi connectivity index (χ0n) is 20.4. The van der Waals surface area contributed by atoms with Crippen molar-refractivity contribution in [3.8, 4) is 11.3 Å². The van der Waals surface area contributed by atoms with Crippen LogP contribution in [0.25, 0.3) is 11.3 Å². The lowest BCUT2D eigenvalue weighted by Gasteiger charge is -2.49. The smallest absolute Gasteiger partial charge is 0.353 e. The summed E-state index contributed by atoms with van der Waals surface area (Å²) in [6, 6.07) is 2.94. The maximum atomic E-state index is 13.1. The average Bonchev–Trinajstić information content (AvgIpc) is 3.56. The van der Waals surface area contributed by atoms with Gasteiger partial charge in [0.05, 0.1) is 5.69 Å². The molecule has 17 heteroatoms. The van der Waals surface area contributed by atoms with E-state index in [4.69, 9.17) is 10.6 Å². The minimum absolute atomic E-state index is 0.0274. The highest BCUT2D eigenvalue weighted by Crippen LogP contribution is 2.46. The van der Waals surface area contributed by atoms with Crippen LogP contribution in [0.1, 0.15) is 12.7 Å². The van der Waals surface area contributed by atoms with Crippen LogP contribution in [0.2, 0.25) is 0 Å². The summed E-state index contributed by atoms with van der Waals surface area (Å²) in [5, 5.41) is 17.8. The van der Waals surface area contributed by atoms with Crippen molar-refractivity contribution in [3.05, 3.63) is 46.3 Å². The highest BCUT2D eigenvalue weighted by molar-refractivity contribution is 8.07. The molecule has 3 aromatic rings. The number of carboxylic acid groups (broad SMARTS) is 1. The number of anilines is 1. The average molecular weight is 606 g/mol. The number of aryl methyl sites for hydroxylation is 1. The van der Waals surface area contributed by atoms with Crippen molar-refractivity contribution in [3.63, 3.8) is 0 Å². The first-order valence-electron chi connectivity index (χ1n) is 11.4. The van der Waals surface area contributed by atoms with Crippen LogP contribution in [0.5, 0.6) is 0 Å². The van der Waals surface area contributed by atoms with Crippen molar-refractivity contribution in [1.29, 1.82) is 0 Å². The van der Waals surface area contributed by atoms with E-state index in [0.29, 0.717) is 15.0 Å². The van der Waals surface area contributed by atoms with Crippen molar-refractivity contribution < 1.29 is 28.9 Å². The first-order chi connectivity index (χ1) is 18.8. The fourth-order valence-electron chi connectivity index (χ4n) is 3.74. The van der Waals surface area contributed by atoms with Crippen molar-refractivity contribution in [2.24, 2.45) is 12.2 Å². The molecule has 0 spiro atoms. The Balaban J connectivity index is 1.32. The second kappa shape index (κ2) is 11.3. The number of fused-ring (bicyclic) bond motifs is 1. The van der Waals surface area contributed by atoms with Crippen LogP contribution < -0.4 is 15.6 Å². The normalized spacial score (nSPS) is 19.0. The summed E-state index contributed by atoms with van der Waals surface area (Å²) in [6.07, 6.45) is 3.84. The van der Waals surface area contributed by atoms with Gasteiger partial charge in [-0.05, 0) is 6.92 Å². The number of pyridine rings is 1. The maximum absolute atomic E-state index is 13.1. The van der Waals surface area contributed by atoms with Gasteiger partial charge in [-0.25, -0.2) is 14.3 Å². The zero-order valence-corrected chi connectivity index (χ0v) is 23.7. The summed E-state index contributed by atoms with van der Waals surface area (Å²) >= 11 is 4.86. The number of hydrogen-bond acceptors (Lipinski definition) is 13. The third-order valence-electron chi connectivity index (χ3n) is 5.54. The fourth-order valence-corrected chi connectivity index (χ4v) is 7.63.